The maximum Gasteiger partial charge on any atom is 0.254 e. The van der Waals surface area contributed by atoms with E-state index < -0.39 is 0 Å². The van der Waals surface area contributed by atoms with Crippen molar-refractivity contribution in [1.82, 2.24) is 0 Å². The Balaban J connectivity index is 2.47. The molecule has 1 atom stereocenters. The molecule has 0 bridgehead atoms. The number of benzene rings is 1. The number of ether oxygens (including phenoxy) is 1. The fourth-order valence-corrected chi connectivity index (χ4v) is 0.796. The lowest BCUT2D eigenvalue weighted by molar-refractivity contribution is 0.309. The third-order valence-corrected chi connectivity index (χ3v) is 1.55. The standard InChI is InChI=1S/C10H11NO2/c1-8(11-2)7-13-10-5-3-9(12)4-6-10/h3-6,8,12H,7H2,1H3. The number of hydrogen-bond donors (Lipinski definition) is 1. The zero-order chi connectivity index (χ0) is 9.68. The first kappa shape index (κ1) is 9.40. The van der Waals surface area contributed by atoms with Gasteiger partial charge in [0.05, 0.1) is 0 Å². The summed E-state index contributed by atoms with van der Waals surface area (Å²) in [7, 11) is 0. The molecular formula is C10H11NO2. The van der Waals surface area contributed by atoms with Gasteiger partial charge < -0.3 is 14.7 Å². The predicted octanol–water partition coefficient (Wildman–Crippen LogP) is 2.08. The maximum atomic E-state index is 8.98. The fraction of sp³-hybridized carbons (Fsp3) is 0.300. The minimum Gasteiger partial charge on any atom is -0.508 e. The van der Waals surface area contributed by atoms with Crippen molar-refractivity contribution in [3.8, 4) is 11.5 Å². The summed E-state index contributed by atoms with van der Waals surface area (Å²) in [6, 6.07) is 6.32. The Morgan fingerprint density at radius 2 is 2.08 bits per heavy atom. The van der Waals surface area contributed by atoms with Crippen LogP contribution in [0.3, 0.4) is 0 Å². The van der Waals surface area contributed by atoms with E-state index >= 15 is 0 Å². The molecule has 0 radical (unpaired) electrons. The van der Waals surface area contributed by atoms with Gasteiger partial charge in [0.25, 0.3) is 6.04 Å². The van der Waals surface area contributed by atoms with Crippen molar-refractivity contribution in [3.63, 3.8) is 0 Å². The minimum atomic E-state index is -0.131. The molecule has 1 aromatic carbocycles. The van der Waals surface area contributed by atoms with Crippen molar-refractivity contribution in [1.29, 1.82) is 0 Å². The molecule has 0 aliphatic rings. The highest BCUT2D eigenvalue weighted by Crippen LogP contribution is 2.15. The van der Waals surface area contributed by atoms with Crippen LogP contribution in [0.2, 0.25) is 0 Å². The molecular weight excluding hydrogens is 166 g/mol. The number of rotatable bonds is 3. The van der Waals surface area contributed by atoms with Crippen LogP contribution in [-0.2, 0) is 0 Å². The normalized spacial score (nSPS) is 11.7. The second kappa shape index (κ2) is 4.36. The Bertz CT molecular complexity index is 300. The summed E-state index contributed by atoms with van der Waals surface area (Å²) in [5.74, 6) is 0.888. The minimum absolute atomic E-state index is 0.131. The number of phenols is 1. The summed E-state index contributed by atoms with van der Waals surface area (Å²) in [6.45, 7) is 8.90. The van der Waals surface area contributed by atoms with Crippen LogP contribution in [0.25, 0.3) is 4.85 Å². The van der Waals surface area contributed by atoms with Gasteiger partial charge in [0, 0.05) is 6.92 Å². The number of aromatic hydroxyl groups is 1. The van der Waals surface area contributed by atoms with Gasteiger partial charge in [0.1, 0.15) is 11.5 Å². The van der Waals surface area contributed by atoms with E-state index in [2.05, 4.69) is 4.85 Å². The topological polar surface area (TPSA) is 33.8 Å². The fourth-order valence-electron chi connectivity index (χ4n) is 0.796. The summed E-state index contributed by atoms with van der Waals surface area (Å²) < 4.78 is 5.29. The largest absolute Gasteiger partial charge is 0.508 e. The SMILES string of the molecule is [C-]#[N+]C(C)COc1ccc(O)cc1. The average molecular weight is 177 g/mol. The van der Waals surface area contributed by atoms with Gasteiger partial charge in [-0.05, 0) is 24.3 Å². The molecule has 0 aromatic heterocycles. The van der Waals surface area contributed by atoms with Crippen LogP contribution in [0.4, 0.5) is 0 Å². The van der Waals surface area contributed by atoms with Crippen LogP contribution in [-0.4, -0.2) is 17.8 Å². The second-order valence-electron chi connectivity index (χ2n) is 2.78. The average Bonchev–Trinajstić information content (AvgIpc) is 2.16. The van der Waals surface area contributed by atoms with E-state index in [1.807, 2.05) is 0 Å². The lowest BCUT2D eigenvalue weighted by Crippen LogP contribution is -2.09. The molecule has 3 nitrogen and oxygen atoms in total. The zero-order valence-electron chi connectivity index (χ0n) is 7.40. The van der Waals surface area contributed by atoms with Gasteiger partial charge in [-0.15, -0.1) is 0 Å². The summed E-state index contributed by atoms with van der Waals surface area (Å²) in [5, 5.41) is 8.98. The van der Waals surface area contributed by atoms with Crippen LogP contribution in [0.5, 0.6) is 11.5 Å². The van der Waals surface area contributed by atoms with Gasteiger partial charge in [-0.25, -0.2) is 6.57 Å². The Labute approximate surface area is 77.4 Å². The summed E-state index contributed by atoms with van der Waals surface area (Å²) in [5.41, 5.74) is 0. The van der Waals surface area contributed by atoms with Crippen molar-refractivity contribution >= 4 is 0 Å². The van der Waals surface area contributed by atoms with Crippen LogP contribution < -0.4 is 4.74 Å². The van der Waals surface area contributed by atoms with Gasteiger partial charge >= 0.3 is 0 Å². The maximum absolute atomic E-state index is 8.98. The van der Waals surface area contributed by atoms with Crippen LogP contribution >= 0.6 is 0 Å². The van der Waals surface area contributed by atoms with Gasteiger partial charge in [-0.1, -0.05) is 0 Å². The van der Waals surface area contributed by atoms with Crippen molar-refractivity contribution in [2.75, 3.05) is 6.61 Å². The highest BCUT2D eigenvalue weighted by molar-refractivity contribution is 5.30. The zero-order valence-corrected chi connectivity index (χ0v) is 7.40. The van der Waals surface area contributed by atoms with Crippen LogP contribution in [0.15, 0.2) is 24.3 Å². The molecule has 0 spiro atoms. The molecule has 13 heavy (non-hydrogen) atoms. The van der Waals surface area contributed by atoms with E-state index in [1.165, 1.54) is 0 Å². The van der Waals surface area contributed by atoms with Crippen molar-refractivity contribution < 1.29 is 9.84 Å². The molecule has 0 saturated carbocycles. The van der Waals surface area contributed by atoms with E-state index in [4.69, 9.17) is 16.4 Å². The lowest BCUT2D eigenvalue weighted by atomic mass is 10.3. The van der Waals surface area contributed by atoms with Gasteiger partial charge in [-0.2, -0.15) is 0 Å². The van der Waals surface area contributed by atoms with E-state index in [1.54, 1.807) is 31.2 Å². The molecule has 1 unspecified atom stereocenters. The van der Waals surface area contributed by atoms with Crippen molar-refractivity contribution in [3.05, 3.63) is 35.7 Å². The van der Waals surface area contributed by atoms with Crippen LogP contribution in [0.1, 0.15) is 6.92 Å². The highest BCUT2D eigenvalue weighted by atomic mass is 16.5. The monoisotopic (exact) mass is 177 g/mol. The molecule has 0 heterocycles. The Morgan fingerprint density at radius 1 is 1.46 bits per heavy atom. The molecule has 3 heteroatoms. The molecule has 1 N–H and O–H groups in total. The first-order valence-corrected chi connectivity index (χ1v) is 4.01. The Kier molecular flexibility index (Phi) is 3.15. The highest BCUT2D eigenvalue weighted by Gasteiger charge is 2.04. The molecule has 0 aliphatic heterocycles. The summed E-state index contributed by atoms with van der Waals surface area (Å²) in [4.78, 5) is 3.30. The van der Waals surface area contributed by atoms with E-state index in [0.29, 0.717) is 12.4 Å². The number of hydrogen-bond acceptors (Lipinski definition) is 2. The summed E-state index contributed by atoms with van der Waals surface area (Å²) in [6.07, 6.45) is 0. The molecule has 0 fully saturated rings. The molecule has 0 aliphatic carbocycles. The molecule has 0 saturated heterocycles. The number of phenolic OH excluding ortho intramolecular Hbond substituents is 1. The van der Waals surface area contributed by atoms with Crippen LogP contribution in [0, 0.1) is 6.57 Å². The van der Waals surface area contributed by atoms with E-state index in [9.17, 15) is 0 Å². The van der Waals surface area contributed by atoms with Crippen molar-refractivity contribution in [2.24, 2.45) is 0 Å². The molecule has 1 rings (SSSR count). The van der Waals surface area contributed by atoms with Gasteiger partial charge in [0.2, 0.25) is 0 Å². The number of nitrogens with zero attached hydrogens (tertiary/aromatic N) is 1. The second-order valence-corrected chi connectivity index (χ2v) is 2.78. The van der Waals surface area contributed by atoms with E-state index in [-0.39, 0.29) is 11.8 Å². The van der Waals surface area contributed by atoms with E-state index in [0.717, 1.165) is 0 Å². The lowest BCUT2D eigenvalue weighted by Gasteiger charge is -2.04. The first-order chi connectivity index (χ1) is 6.22. The first-order valence-electron chi connectivity index (χ1n) is 4.01. The quantitative estimate of drug-likeness (QED) is 0.717. The molecule has 68 valence electrons. The molecule has 0 amide bonds. The summed E-state index contributed by atoms with van der Waals surface area (Å²) >= 11 is 0. The third kappa shape index (κ3) is 3.04. The van der Waals surface area contributed by atoms with Gasteiger partial charge in [-0.3, -0.25) is 0 Å². The van der Waals surface area contributed by atoms with Gasteiger partial charge in [0.15, 0.2) is 6.61 Å². The molecule has 1 aromatic rings. The predicted molar refractivity (Wildman–Crippen MR) is 49.7 cm³/mol. The Hall–Kier alpha value is -1.69. The van der Waals surface area contributed by atoms with Crippen molar-refractivity contribution in [2.45, 2.75) is 13.0 Å². The smallest absolute Gasteiger partial charge is 0.254 e. The third-order valence-electron chi connectivity index (χ3n) is 1.55. The Morgan fingerprint density at radius 3 is 2.62 bits per heavy atom.